The van der Waals surface area contributed by atoms with E-state index in [1.54, 1.807) is 12.1 Å². The van der Waals surface area contributed by atoms with Gasteiger partial charge in [0.05, 0.1) is 6.10 Å². The molecule has 0 aromatic heterocycles. The highest BCUT2D eigenvalue weighted by Gasteiger charge is 2.30. The van der Waals surface area contributed by atoms with Crippen molar-refractivity contribution in [2.75, 3.05) is 13.1 Å². The van der Waals surface area contributed by atoms with Crippen molar-refractivity contribution < 1.29 is 23.0 Å². The molecule has 2 rings (SSSR count). The second-order valence-electron chi connectivity index (χ2n) is 4.70. The Kier molecular flexibility index (Phi) is 4.31. The first kappa shape index (κ1) is 14.1. The Balaban J connectivity index is 1.88. The summed E-state index contributed by atoms with van der Waals surface area (Å²) in [6.45, 7) is 2.29. The summed E-state index contributed by atoms with van der Waals surface area (Å²) in [6.07, 6.45) is -3.38. The Bertz CT molecular complexity index is 397. The third-order valence-electron chi connectivity index (χ3n) is 3.12. The number of alkyl halides is 3. The van der Waals surface area contributed by atoms with Gasteiger partial charge in [-0.25, -0.2) is 0 Å². The van der Waals surface area contributed by atoms with Crippen LogP contribution in [0.5, 0.6) is 5.75 Å². The molecule has 0 radical (unpaired) electrons. The number of aliphatic hydroxyl groups is 1. The van der Waals surface area contributed by atoms with Crippen LogP contribution in [-0.2, 0) is 6.54 Å². The van der Waals surface area contributed by atoms with E-state index in [0.29, 0.717) is 6.54 Å². The summed E-state index contributed by atoms with van der Waals surface area (Å²) in [5.41, 5.74) is 0.936. The molecule has 0 atom stereocenters. The predicted molar refractivity (Wildman–Crippen MR) is 63.6 cm³/mol. The summed E-state index contributed by atoms with van der Waals surface area (Å²) in [4.78, 5) is 2.17. The van der Waals surface area contributed by atoms with Crippen LogP contribution in [-0.4, -0.2) is 35.6 Å². The van der Waals surface area contributed by atoms with E-state index in [-0.39, 0.29) is 11.9 Å². The average Bonchev–Trinajstić information content (AvgIpc) is 2.33. The molecule has 1 N–H and O–H groups in total. The van der Waals surface area contributed by atoms with Crippen LogP contribution in [0.15, 0.2) is 24.3 Å². The number of halogens is 3. The minimum Gasteiger partial charge on any atom is -0.406 e. The molecule has 0 amide bonds. The van der Waals surface area contributed by atoms with Gasteiger partial charge in [0.2, 0.25) is 0 Å². The first-order chi connectivity index (χ1) is 8.92. The lowest BCUT2D eigenvalue weighted by atomic mass is 10.1. The van der Waals surface area contributed by atoms with Gasteiger partial charge in [0.1, 0.15) is 5.75 Å². The standard InChI is InChI=1S/C13H16F3NO2/c14-13(15,16)19-12-3-1-10(2-4-12)9-17-7-5-11(18)6-8-17/h1-4,11,18H,5-9H2. The van der Waals surface area contributed by atoms with E-state index in [0.717, 1.165) is 31.5 Å². The molecular weight excluding hydrogens is 259 g/mol. The van der Waals surface area contributed by atoms with Gasteiger partial charge < -0.3 is 9.84 Å². The fourth-order valence-electron chi connectivity index (χ4n) is 2.13. The molecule has 3 nitrogen and oxygen atoms in total. The van der Waals surface area contributed by atoms with E-state index in [2.05, 4.69) is 9.64 Å². The van der Waals surface area contributed by atoms with Crippen molar-refractivity contribution in [2.45, 2.75) is 31.9 Å². The number of hydrogen-bond acceptors (Lipinski definition) is 3. The van der Waals surface area contributed by atoms with Crippen LogP contribution in [0, 0.1) is 0 Å². The largest absolute Gasteiger partial charge is 0.573 e. The van der Waals surface area contributed by atoms with Crippen LogP contribution < -0.4 is 4.74 Å². The minimum atomic E-state index is -4.65. The monoisotopic (exact) mass is 275 g/mol. The van der Waals surface area contributed by atoms with E-state index >= 15 is 0 Å². The molecule has 106 valence electrons. The molecule has 1 aromatic carbocycles. The Hall–Kier alpha value is -1.27. The number of piperidine rings is 1. The smallest absolute Gasteiger partial charge is 0.406 e. The molecule has 0 spiro atoms. The lowest BCUT2D eigenvalue weighted by Gasteiger charge is -2.29. The van der Waals surface area contributed by atoms with E-state index in [1.165, 1.54) is 12.1 Å². The molecule has 1 saturated heterocycles. The number of hydrogen-bond donors (Lipinski definition) is 1. The second-order valence-corrected chi connectivity index (χ2v) is 4.70. The minimum absolute atomic E-state index is 0.203. The highest BCUT2D eigenvalue weighted by Crippen LogP contribution is 2.23. The Labute approximate surface area is 109 Å². The summed E-state index contributed by atoms with van der Waals surface area (Å²) < 4.78 is 39.8. The maximum absolute atomic E-state index is 12.0. The summed E-state index contributed by atoms with van der Waals surface area (Å²) in [7, 11) is 0. The highest BCUT2D eigenvalue weighted by molar-refractivity contribution is 5.27. The molecule has 0 unspecified atom stereocenters. The topological polar surface area (TPSA) is 32.7 Å². The lowest BCUT2D eigenvalue weighted by Crippen LogP contribution is -2.35. The van der Waals surface area contributed by atoms with Gasteiger partial charge in [0.25, 0.3) is 0 Å². The maximum atomic E-state index is 12.0. The third kappa shape index (κ3) is 4.72. The number of rotatable bonds is 3. The zero-order valence-electron chi connectivity index (χ0n) is 10.4. The van der Waals surface area contributed by atoms with Crippen LogP contribution in [0.4, 0.5) is 13.2 Å². The first-order valence-corrected chi connectivity index (χ1v) is 6.17. The first-order valence-electron chi connectivity index (χ1n) is 6.17. The Morgan fingerprint density at radius 1 is 1.16 bits per heavy atom. The van der Waals surface area contributed by atoms with E-state index in [4.69, 9.17) is 0 Å². The van der Waals surface area contributed by atoms with Crippen molar-refractivity contribution in [3.63, 3.8) is 0 Å². The second kappa shape index (κ2) is 5.79. The summed E-state index contributed by atoms with van der Waals surface area (Å²) in [6, 6.07) is 5.90. The van der Waals surface area contributed by atoms with E-state index in [9.17, 15) is 18.3 Å². The average molecular weight is 275 g/mol. The molecule has 1 aliphatic heterocycles. The number of likely N-dealkylation sites (tertiary alicyclic amines) is 1. The summed E-state index contributed by atoms with van der Waals surface area (Å²) in [5.74, 6) is -0.203. The molecule has 1 fully saturated rings. The van der Waals surface area contributed by atoms with Gasteiger partial charge in [0, 0.05) is 19.6 Å². The van der Waals surface area contributed by atoms with E-state index in [1.807, 2.05) is 0 Å². The van der Waals surface area contributed by atoms with Crippen molar-refractivity contribution in [1.29, 1.82) is 0 Å². The van der Waals surface area contributed by atoms with Gasteiger partial charge in [-0.1, -0.05) is 12.1 Å². The number of ether oxygens (including phenoxy) is 1. The molecule has 1 aromatic rings. The molecule has 6 heteroatoms. The number of nitrogens with zero attached hydrogens (tertiary/aromatic N) is 1. The van der Waals surface area contributed by atoms with Crippen LogP contribution in [0.1, 0.15) is 18.4 Å². The van der Waals surface area contributed by atoms with Crippen molar-refractivity contribution in [1.82, 2.24) is 4.90 Å². The highest BCUT2D eigenvalue weighted by atomic mass is 19.4. The maximum Gasteiger partial charge on any atom is 0.573 e. The van der Waals surface area contributed by atoms with E-state index < -0.39 is 6.36 Å². The quantitative estimate of drug-likeness (QED) is 0.920. The van der Waals surface area contributed by atoms with Crippen LogP contribution in [0.3, 0.4) is 0 Å². The van der Waals surface area contributed by atoms with Gasteiger partial charge in [-0.05, 0) is 30.5 Å². The number of benzene rings is 1. The Morgan fingerprint density at radius 2 is 1.74 bits per heavy atom. The molecule has 1 heterocycles. The van der Waals surface area contributed by atoms with Gasteiger partial charge in [-0.2, -0.15) is 0 Å². The molecule has 1 aliphatic rings. The van der Waals surface area contributed by atoms with Crippen molar-refractivity contribution in [3.8, 4) is 5.75 Å². The van der Waals surface area contributed by atoms with Crippen molar-refractivity contribution in [2.24, 2.45) is 0 Å². The fourth-order valence-corrected chi connectivity index (χ4v) is 2.13. The van der Waals surface area contributed by atoms with Gasteiger partial charge >= 0.3 is 6.36 Å². The zero-order valence-corrected chi connectivity index (χ0v) is 10.4. The van der Waals surface area contributed by atoms with Gasteiger partial charge in [-0.15, -0.1) is 13.2 Å². The van der Waals surface area contributed by atoms with Crippen LogP contribution >= 0.6 is 0 Å². The Morgan fingerprint density at radius 3 is 2.26 bits per heavy atom. The van der Waals surface area contributed by atoms with Gasteiger partial charge in [-0.3, -0.25) is 4.90 Å². The molecule has 19 heavy (non-hydrogen) atoms. The van der Waals surface area contributed by atoms with Crippen molar-refractivity contribution in [3.05, 3.63) is 29.8 Å². The van der Waals surface area contributed by atoms with Crippen LogP contribution in [0.2, 0.25) is 0 Å². The zero-order chi connectivity index (χ0) is 13.9. The predicted octanol–water partition coefficient (Wildman–Crippen LogP) is 2.54. The third-order valence-corrected chi connectivity index (χ3v) is 3.12. The normalized spacial score (nSPS) is 18.5. The summed E-state index contributed by atoms with van der Waals surface area (Å²) in [5, 5.41) is 9.39. The van der Waals surface area contributed by atoms with Gasteiger partial charge in [0.15, 0.2) is 0 Å². The van der Waals surface area contributed by atoms with Crippen LogP contribution in [0.25, 0.3) is 0 Å². The summed E-state index contributed by atoms with van der Waals surface area (Å²) >= 11 is 0. The molecular formula is C13H16F3NO2. The molecule has 0 bridgehead atoms. The SMILES string of the molecule is OC1CCN(Cc2ccc(OC(F)(F)F)cc2)CC1. The number of aliphatic hydroxyl groups excluding tert-OH is 1. The fraction of sp³-hybridized carbons (Fsp3) is 0.538. The molecule has 0 aliphatic carbocycles. The lowest BCUT2D eigenvalue weighted by molar-refractivity contribution is -0.274. The molecule has 0 saturated carbocycles. The van der Waals surface area contributed by atoms with Crippen molar-refractivity contribution >= 4 is 0 Å².